The van der Waals surface area contributed by atoms with Gasteiger partial charge < -0.3 is 9.15 Å². The Labute approximate surface area is 135 Å². The Balaban J connectivity index is 2.15. The number of fused-ring (bicyclic) bond motifs is 1. The number of rotatable bonds is 5. The van der Waals surface area contributed by atoms with E-state index in [0.29, 0.717) is 13.0 Å². The van der Waals surface area contributed by atoms with Crippen molar-refractivity contribution in [3.63, 3.8) is 0 Å². The molecule has 0 saturated carbocycles. The molecule has 3 aromatic rings. The summed E-state index contributed by atoms with van der Waals surface area (Å²) in [5.41, 5.74) is 0.166. The fraction of sp³-hybridized carbons (Fsp3) is 0.250. The molecule has 0 bridgehead atoms. The molecule has 1 aromatic heterocycles. The molecule has 3 heteroatoms. The lowest BCUT2D eigenvalue weighted by Crippen LogP contribution is -2.37. The molecule has 2 aromatic carbocycles. The molecule has 3 rings (SSSR count). The van der Waals surface area contributed by atoms with Crippen molar-refractivity contribution in [3.05, 3.63) is 72.2 Å². The maximum absolute atomic E-state index is 12.8. The van der Waals surface area contributed by atoms with Gasteiger partial charge in [-0.15, -0.1) is 0 Å². The van der Waals surface area contributed by atoms with Crippen LogP contribution in [-0.4, -0.2) is 12.6 Å². The van der Waals surface area contributed by atoms with Crippen LogP contribution in [0.2, 0.25) is 0 Å². The number of furan rings is 1. The van der Waals surface area contributed by atoms with Gasteiger partial charge in [0.1, 0.15) is 5.76 Å². The lowest BCUT2D eigenvalue weighted by atomic mass is 9.76. The average Bonchev–Trinajstić information content (AvgIpc) is 3.07. The summed E-state index contributed by atoms with van der Waals surface area (Å²) in [4.78, 5) is 12.8. The van der Waals surface area contributed by atoms with Gasteiger partial charge in [-0.1, -0.05) is 42.5 Å². The Morgan fingerprint density at radius 2 is 1.87 bits per heavy atom. The second kappa shape index (κ2) is 6.29. The highest BCUT2D eigenvalue weighted by Gasteiger charge is 2.39. The van der Waals surface area contributed by atoms with Crippen molar-refractivity contribution in [2.24, 2.45) is 0 Å². The zero-order valence-corrected chi connectivity index (χ0v) is 13.4. The van der Waals surface area contributed by atoms with Crippen molar-refractivity contribution in [3.8, 4) is 0 Å². The number of carbonyl (C=O) groups is 1. The monoisotopic (exact) mass is 308 g/mol. The van der Waals surface area contributed by atoms with Gasteiger partial charge >= 0.3 is 5.97 Å². The van der Waals surface area contributed by atoms with Gasteiger partial charge in [-0.05, 0) is 42.3 Å². The fourth-order valence-electron chi connectivity index (χ4n) is 3.04. The molecular formula is C20H20O3. The Morgan fingerprint density at radius 1 is 1.09 bits per heavy atom. The summed E-state index contributed by atoms with van der Waals surface area (Å²) in [6, 6.07) is 17.9. The van der Waals surface area contributed by atoms with E-state index in [2.05, 4.69) is 12.1 Å². The molecule has 23 heavy (non-hydrogen) atoms. The second-order valence-electron chi connectivity index (χ2n) is 5.84. The molecule has 3 nitrogen and oxygen atoms in total. The van der Waals surface area contributed by atoms with Crippen LogP contribution in [0, 0.1) is 0 Å². The molecule has 0 aliphatic heterocycles. The van der Waals surface area contributed by atoms with Crippen molar-refractivity contribution in [1.82, 2.24) is 0 Å². The van der Waals surface area contributed by atoms with Gasteiger partial charge in [0.15, 0.2) is 0 Å². The lowest BCUT2D eigenvalue weighted by molar-refractivity contribution is -0.149. The van der Waals surface area contributed by atoms with E-state index in [1.165, 1.54) is 0 Å². The first-order valence-corrected chi connectivity index (χ1v) is 7.83. The van der Waals surface area contributed by atoms with Gasteiger partial charge in [0, 0.05) is 6.42 Å². The minimum Gasteiger partial charge on any atom is -0.469 e. The quantitative estimate of drug-likeness (QED) is 0.652. The van der Waals surface area contributed by atoms with Crippen molar-refractivity contribution in [2.45, 2.75) is 25.7 Å². The van der Waals surface area contributed by atoms with E-state index in [-0.39, 0.29) is 5.97 Å². The van der Waals surface area contributed by atoms with E-state index in [1.54, 1.807) is 6.26 Å². The maximum Gasteiger partial charge on any atom is 0.316 e. The van der Waals surface area contributed by atoms with Crippen LogP contribution >= 0.6 is 0 Å². The minimum atomic E-state index is -0.797. The highest BCUT2D eigenvalue weighted by molar-refractivity contribution is 5.93. The molecule has 0 aliphatic rings. The van der Waals surface area contributed by atoms with E-state index in [0.717, 1.165) is 22.1 Å². The Hall–Kier alpha value is -2.55. The summed E-state index contributed by atoms with van der Waals surface area (Å²) in [5.74, 6) is 0.543. The lowest BCUT2D eigenvalue weighted by Gasteiger charge is -2.28. The summed E-state index contributed by atoms with van der Waals surface area (Å²) in [6.45, 7) is 4.11. The fourth-order valence-corrected chi connectivity index (χ4v) is 3.04. The summed E-state index contributed by atoms with van der Waals surface area (Å²) in [7, 11) is 0. The Morgan fingerprint density at radius 3 is 2.61 bits per heavy atom. The van der Waals surface area contributed by atoms with Gasteiger partial charge in [0.2, 0.25) is 0 Å². The van der Waals surface area contributed by atoms with E-state index >= 15 is 0 Å². The Kier molecular flexibility index (Phi) is 4.20. The van der Waals surface area contributed by atoms with Crippen LogP contribution in [0.15, 0.2) is 65.3 Å². The Bertz CT molecular complexity index is 799. The molecule has 0 radical (unpaired) electrons. The number of esters is 1. The van der Waals surface area contributed by atoms with Gasteiger partial charge in [0.25, 0.3) is 0 Å². The number of hydrogen-bond donors (Lipinski definition) is 0. The molecule has 0 fully saturated rings. The van der Waals surface area contributed by atoms with Gasteiger partial charge in [-0.25, -0.2) is 0 Å². The van der Waals surface area contributed by atoms with E-state index in [1.807, 2.05) is 56.3 Å². The normalized spacial score (nSPS) is 13.7. The first kappa shape index (κ1) is 15.3. The third-order valence-corrected chi connectivity index (χ3v) is 4.22. The molecule has 118 valence electrons. The molecular weight excluding hydrogens is 288 g/mol. The minimum absolute atomic E-state index is 0.229. The first-order chi connectivity index (χ1) is 11.1. The van der Waals surface area contributed by atoms with Crippen LogP contribution in [0.4, 0.5) is 0 Å². The number of carbonyl (C=O) groups excluding carboxylic acids is 1. The molecule has 0 aliphatic carbocycles. The second-order valence-corrected chi connectivity index (χ2v) is 5.84. The SMILES string of the molecule is CCOC(=O)C(C)(Cc1ccco1)c1cccc2ccccc12. The number of ether oxygens (including phenoxy) is 1. The van der Waals surface area contributed by atoms with Gasteiger partial charge in [-0.3, -0.25) is 4.79 Å². The molecule has 1 heterocycles. The summed E-state index contributed by atoms with van der Waals surface area (Å²) >= 11 is 0. The van der Waals surface area contributed by atoms with Crippen LogP contribution in [0.25, 0.3) is 10.8 Å². The first-order valence-electron chi connectivity index (χ1n) is 7.83. The van der Waals surface area contributed by atoms with Crippen molar-refractivity contribution in [2.75, 3.05) is 6.61 Å². The molecule has 0 saturated heterocycles. The number of hydrogen-bond acceptors (Lipinski definition) is 3. The van der Waals surface area contributed by atoms with Crippen molar-refractivity contribution < 1.29 is 13.9 Å². The predicted octanol–water partition coefficient (Wildman–Crippen LogP) is 4.50. The summed E-state index contributed by atoms with van der Waals surface area (Å²) in [5, 5.41) is 2.18. The molecule has 0 spiro atoms. The van der Waals surface area contributed by atoms with Crippen LogP contribution in [-0.2, 0) is 21.4 Å². The topological polar surface area (TPSA) is 39.4 Å². The smallest absolute Gasteiger partial charge is 0.316 e. The third kappa shape index (κ3) is 2.87. The molecule has 0 N–H and O–H groups in total. The van der Waals surface area contributed by atoms with Crippen LogP contribution in [0.1, 0.15) is 25.2 Å². The zero-order valence-electron chi connectivity index (χ0n) is 13.4. The number of benzene rings is 2. The highest BCUT2D eigenvalue weighted by atomic mass is 16.5. The summed E-state index contributed by atoms with van der Waals surface area (Å²) in [6.07, 6.45) is 2.09. The van der Waals surface area contributed by atoms with Crippen molar-refractivity contribution in [1.29, 1.82) is 0 Å². The standard InChI is InChI=1S/C20H20O3/c1-3-22-19(21)20(2,14-16-10-7-13-23-16)18-12-6-9-15-8-4-5-11-17(15)18/h4-13H,3,14H2,1-2H3. The highest BCUT2D eigenvalue weighted by Crippen LogP contribution is 2.35. The molecule has 1 unspecified atom stereocenters. The van der Waals surface area contributed by atoms with Crippen molar-refractivity contribution >= 4 is 16.7 Å². The largest absolute Gasteiger partial charge is 0.469 e. The van der Waals surface area contributed by atoms with Crippen LogP contribution in [0.5, 0.6) is 0 Å². The van der Waals surface area contributed by atoms with Gasteiger partial charge in [0.05, 0.1) is 18.3 Å². The van der Waals surface area contributed by atoms with Crippen LogP contribution < -0.4 is 0 Å². The van der Waals surface area contributed by atoms with E-state index in [4.69, 9.17) is 9.15 Å². The molecule has 0 amide bonds. The molecule has 1 atom stereocenters. The zero-order chi connectivity index (χ0) is 16.3. The maximum atomic E-state index is 12.8. The predicted molar refractivity (Wildman–Crippen MR) is 90.3 cm³/mol. The van der Waals surface area contributed by atoms with E-state index < -0.39 is 5.41 Å². The van der Waals surface area contributed by atoms with Gasteiger partial charge in [-0.2, -0.15) is 0 Å². The third-order valence-electron chi connectivity index (χ3n) is 4.22. The van der Waals surface area contributed by atoms with Crippen LogP contribution in [0.3, 0.4) is 0 Å². The summed E-state index contributed by atoms with van der Waals surface area (Å²) < 4.78 is 10.9. The average molecular weight is 308 g/mol. The van der Waals surface area contributed by atoms with E-state index in [9.17, 15) is 4.79 Å².